The summed E-state index contributed by atoms with van der Waals surface area (Å²) in [6.45, 7) is 2.18. The van der Waals surface area contributed by atoms with Crippen LogP contribution in [0.25, 0.3) is 22.5 Å². The molecule has 0 spiro atoms. The number of aliphatic carboxylic acids is 1. The Labute approximate surface area is 264 Å². The number of hydrogen-bond donors (Lipinski definition) is 2. The summed E-state index contributed by atoms with van der Waals surface area (Å²) in [5.41, 5.74) is 3.09. The summed E-state index contributed by atoms with van der Waals surface area (Å²) in [5.74, 6) is -0.229. The van der Waals surface area contributed by atoms with Gasteiger partial charge >= 0.3 is 31.0 Å². The number of amides is 1. The van der Waals surface area contributed by atoms with Gasteiger partial charge in [0.2, 0.25) is 0 Å². The first kappa shape index (κ1) is 34.1. The second kappa shape index (κ2) is 15.3. The number of nitrogens with one attached hydrogen (secondary N) is 1. The molecule has 0 aliphatic carbocycles. The predicted molar refractivity (Wildman–Crippen MR) is 163 cm³/mol. The van der Waals surface area contributed by atoms with Gasteiger partial charge in [-0.05, 0) is 84.0 Å². The van der Waals surface area contributed by atoms with Crippen LogP contribution in [0, 0.1) is 6.92 Å². The molecule has 43 heavy (non-hydrogen) atoms. The molecule has 0 saturated carbocycles. The maximum absolute atomic E-state index is 13.2. The third-order valence-electron chi connectivity index (χ3n) is 6.63. The van der Waals surface area contributed by atoms with E-state index in [4.69, 9.17) is 9.15 Å². The van der Waals surface area contributed by atoms with Gasteiger partial charge < -0.3 is 19.6 Å². The zero-order chi connectivity index (χ0) is 30.3. The van der Waals surface area contributed by atoms with Crippen molar-refractivity contribution >= 4 is 42.5 Å². The van der Waals surface area contributed by atoms with Crippen LogP contribution < -0.4 is 5.32 Å². The molecule has 0 aliphatic heterocycles. The van der Waals surface area contributed by atoms with Crippen molar-refractivity contribution < 1.29 is 37.0 Å². The molecule has 2 N–H and O–H groups in total. The quantitative estimate of drug-likeness (QED) is 0.170. The Morgan fingerprint density at radius 2 is 1.74 bits per heavy atom. The van der Waals surface area contributed by atoms with Crippen LogP contribution in [0.3, 0.4) is 0 Å². The number of rotatable bonds is 12. The number of furan rings is 1. The molecule has 4 rings (SSSR count). The molecule has 4 aromatic rings. The summed E-state index contributed by atoms with van der Waals surface area (Å²) < 4.78 is 50.8. The Balaban J connectivity index is 0.00000506. The molecule has 1 heterocycles. The fourth-order valence-electron chi connectivity index (χ4n) is 4.44. The van der Waals surface area contributed by atoms with Crippen molar-refractivity contribution in [1.82, 2.24) is 5.32 Å². The number of carboxylic acids is 1. The molecule has 11 heteroatoms. The van der Waals surface area contributed by atoms with Crippen LogP contribution >= 0.6 is 11.8 Å². The minimum atomic E-state index is -4.45. The van der Waals surface area contributed by atoms with Crippen LogP contribution in [-0.2, 0) is 28.9 Å². The van der Waals surface area contributed by atoms with Crippen LogP contribution in [0.2, 0.25) is 0 Å². The summed E-state index contributed by atoms with van der Waals surface area (Å²) in [6.07, 6.45) is -2.27. The van der Waals surface area contributed by atoms with Gasteiger partial charge in [-0.2, -0.15) is 24.9 Å². The van der Waals surface area contributed by atoms with Gasteiger partial charge in [0, 0.05) is 11.1 Å². The van der Waals surface area contributed by atoms with Gasteiger partial charge in [-0.3, -0.25) is 4.79 Å². The topological polar surface area (TPSA) is 88.8 Å². The first-order valence-electron chi connectivity index (χ1n) is 13.1. The van der Waals surface area contributed by atoms with E-state index in [0.717, 1.165) is 28.8 Å². The minimum absolute atomic E-state index is 0. The monoisotopic (exact) mass is 605 g/mol. The second-order valence-corrected chi connectivity index (χ2v) is 10.7. The molecule has 0 bridgehead atoms. The second-order valence-electron chi connectivity index (χ2n) is 9.68. The van der Waals surface area contributed by atoms with Crippen LogP contribution in [0.15, 0.2) is 83.3 Å². The van der Waals surface area contributed by atoms with Crippen LogP contribution in [0.4, 0.5) is 13.2 Å². The van der Waals surface area contributed by atoms with E-state index in [-0.39, 0.29) is 32.1 Å². The summed E-state index contributed by atoms with van der Waals surface area (Å²) in [4.78, 5) is 25.0. The molecule has 1 atom stereocenters. The first-order chi connectivity index (χ1) is 20.1. The molecule has 1 aromatic heterocycles. The average Bonchev–Trinajstić information content (AvgIpc) is 3.44. The molecule has 0 saturated heterocycles. The Morgan fingerprint density at radius 3 is 2.44 bits per heavy atom. The van der Waals surface area contributed by atoms with Gasteiger partial charge in [-0.1, -0.05) is 42.5 Å². The maximum atomic E-state index is 13.2. The first-order valence-corrected chi connectivity index (χ1v) is 14.5. The number of benzene rings is 3. The van der Waals surface area contributed by atoms with E-state index < -0.39 is 29.7 Å². The van der Waals surface area contributed by atoms with Gasteiger partial charge in [0.25, 0.3) is 5.91 Å². The Hall–Kier alpha value is -3.42. The van der Waals surface area contributed by atoms with E-state index in [1.807, 2.05) is 43.5 Å². The predicted octanol–water partition coefficient (Wildman–Crippen LogP) is 6.95. The molecule has 222 valence electrons. The SMILES string of the molecule is CSCCC(NC(=O)c1ccc(COCc2ccc(-c3cccc(C(F)(F)F)c3)o2)cc1-c1ccccc1C)C(=O)O.[LiH]. The van der Waals surface area contributed by atoms with Crippen molar-refractivity contribution in [3.05, 3.63) is 107 Å². The van der Waals surface area contributed by atoms with Crippen molar-refractivity contribution in [2.45, 2.75) is 38.8 Å². The van der Waals surface area contributed by atoms with Crippen LogP contribution in [0.1, 0.15) is 39.2 Å². The summed E-state index contributed by atoms with van der Waals surface area (Å²) in [7, 11) is 0. The number of aryl methyl sites for hydroxylation is 1. The van der Waals surface area contributed by atoms with Gasteiger partial charge in [-0.25, -0.2) is 4.79 Å². The number of alkyl halides is 3. The fourth-order valence-corrected chi connectivity index (χ4v) is 4.91. The number of carbonyl (C=O) groups excluding carboxylic acids is 1. The Morgan fingerprint density at radius 1 is 0.977 bits per heavy atom. The average molecular weight is 606 g/mol. The molecule has 3 aromatic carbocycles. The Bertz CT molecular complexity index is 1560. The number of carbonyl (C=O) groups is 2. The molecule has 0 aliphatic rings. The van der Waals surface area contributed by atoms with E-state index in [1.165, 1.54) is 17.8 Å². The van der Waals surface area contributed by atoms with Gasteiger partial charge in [0.1, 0.15) is 24.2 Å². The van der Waals surface area contributed by atoms with E-state index in [2.05, 4.69) is 5.32 Å². The van der Waals surface area contributed by atoms with Crippen molar-refractivity contribution in [2.75, 3.05) is 12.0 Å². The van der Waals surface area contributed by atoms with E-state index >= 15 is 0 Å². The van der Waals surface area contributed by atoms with E-state index in [0.29, 0.717) is 40.4 Å². The summed E-state index contributed by atoms with van der Waals surface area (Å²) in [6, 6.07) is 20.0. The van der Waals surface area contributed by atoms with Crippen molar-refractivity contribution in [1.29, 1.82) is 0 Å². The fraction of sp³-hybridized carbons (Fsp3) is 0.250. The number of carboxylic acid groups (broad SMARTS) is 1. The summed E-state index contributed by atoms with van der Waals surface area (Å²) >= 11 is 1.51. The van der Waals surface area contributed by atoms with Gasteiger partial charge in [-0.15, -0.1) is 0 Å². The number of ether oxygens (including phenoxy) is 1. The van der Waals surface area contributed by atoms with E-state index in [9.17, 15) is 27.9 Å². The van der Waals surface area contributed by atoms with Crippen LogP contribution in [0.5, 0.6) is 0 Å². The third kappa shape index (κ3) is 9.04. The molecule has 6 nitrogen and oxygen atoms in total. The molecule has 0 radical (unpaired) electrons. The zero-order valence-corrected chi connectivity index (χ0v) is 23.9. The number of halogens is 3. The third-order valence-corrected chi connectivity index (χ3v) is 7.27. The van der Waals surface area contributed by atoms with Gasteiger partial charge in [0.05, 0.1) is 12.2 Å². The molecule has 1 unspecified atom stereocenters. The Kier molecular flexibility index (Phi) is 12.2. The summed E-state index contributed by atoms with van der Waals surface area (Å²) in [5, 5.41) is 12.2. The number of thioether (sulfide) groups is 1. The molecular weight excluding hydrogens is 574 g/mol. The van der Waals surface area contributed by atoms with Gasteiger partial charge in [0.15, 0.2) is 0 Å². The normalized spacial score (nSPS) is 11.9. The standard InChI is InChI=1S/C32H30F3NO5S.Li.H/c1-20-6-3-4-9-25(20)27-16-21(10-12-26(27)30(37)36-28(31(38)39)14-15-42-2)18-40-19-24-11-13-29(41-24)22-7-5-8-23(17-22)32(33,34)35;;/h3-13,16-17,28H,14-15,18-19H2,1-2H3,(H,36,37)(H,38,39);;. The molecule has 0 fully saturated rings. The molecule has 1 amide bonds. The zero-order valence-electron chi connectivity index (χ0n) is 23.0. The van der Waals surface area contributed by atoms with Crippen molar-refractivity contribution in [3.63, 3.8) is 0 Å². The van der Waals surface area contributed by atoms with Crippen LogP contribution in [-0.4, -0.2) is 53.9 Å². The molecular formula is C32H31F3LiNO5S. The van der Waals surface area contributed by atoms with Crippen molar-refractivity contribution in [2.24, 2.45) is 0 Å². The van der Waals surface area contributed by atoms with Crippen molar-refractivity contribution in [3.8, 4) is 22.5 Å². The number of hydrogen-bond acceptors (Lipinski definition) is 5. The van der Waals surface area contributed by atoms with E-state index in [1.54, 1.807) is 30.3 Å².